The molecule has 0 saturated carbocycles. The van der Waals surface area contributed by atoms with E-state index in [2.05, 4.69) is 18.5 Å². The Morgan fingerprint density at radius 2 is 1.83 bits per heavy atom. The van der Waals surface area contributed by atoms with Crippen LogP contribution in [0.15, 0.2) is 25.3 Å². The first-order valence-electron chi connectivity index (χ1n) is 7.80. The Morgan fingerprint density at radius 1 is 1.21 bits per heavy atom. The maximum Gasteiger partial charge on any atom is 0.408 e. The summed E-state index contributed by atoms with van der Waals surface area (Å²) in [6, 6.07) is -0.883. The van der Waals surface area contributed by atoms with Gasteiger partial charge in [-0.3, -0.25) is 9.59 Å². The number of hydrogen-bond donors (Lipinski definition) is 1. The number of carbonyl (C=O) groups excluding carboxylic acids is 3. The van der Waals surface area contributed by atoms with Crippen LogP contribution in [0.5, 0.6) is 0 Å². The van der Waals surface area contributed by atoms with Crippen LogP contribution in [0.4, 0.5) is 4.79 Å². The topological polar surface area (TPSA) is 84.9 Å². The Balaban J connectivity index is 5.05. The molecule has 0 aromatic rings. The zero-order chi connectivity index (χ0) is 18.8. The van der Waals surface area contributed by atoms with Gasteiger partial charge in [0, 0.05) is 6.54 Å². The summed E-state index contributed by atoms with van der Waals surface area (Å²) in [4.78, 5) is 37.4. The van der Waals surface area contributed by atoms with Gasteiger partial charge in [-0.05, 0) is 34.1 Å². The molecular weight excluding hydrogens is 312 g/mol. The average Bonchev–Trinajstić information content (AvgIpc) is 2.44. The quantitative estimate of drug-likeness (QED) is 0.513. The number of nitrogens with one attached hydrogen (secondary N) is 1. The monoisotopic (exact) mass is 340 g/mol. The first-order valence-corrected chi connectivity index (χ1v) is 7.80. The first kappa shape index (κ1) is 21.7. The summed E-state index contributed by atoms with van der Waals surface area (Å²) >= 11 is 0. The maximum atomic E-state index is 12.6. The minimum absolute atomic E-state index is 0.154. The molecule has 2 amide bonds. The molecule has 0 aromatic heterocycles. The van der Waals surface area contributed by atoms with Crippen LogP contribution in [0.2, 0.25) is 0 Å². The highest BCUT2D eigenvalue weighted by molar-refractivity contribution is 5.88. The number of amides is 2. The predicted molar refractivity (Wildman–Crippen MR) is 91.4 cm³/mol. The van der Waals surface area contributed by atoms with Crippen molar-refractivity contribution < 1.29 is 23.9 Å². The van der Waals surface area contributed by atoms with E-state index >= 15 is 0 Å². The first-order chi connectivity index (χ1) is 11.1. The maximum absolute atomic E-state index is 12.6. The molecule has 0 radical (unpaired) electrons. The van der Waals surface area contributed by atoms with Crippen LogP contribution in [0.1, 0.15) is 34.1 Å². The molecule has 0 rings (SSSR count). The van der Waals surface area contributed by atoms with Crippen molar-refractivity contribution in [2.75, 3.05) is 19.7 Å². The summed E-state index contributed by atoms with van der Waals surface area (Å²) in [6.45, 7) is 14.2. The van der Waals surface area contributed by atoms with E-state index in [1.807, 2.05) is 0 Å². The second-order valence-electron chi connectivity index (χ2n) is 6.04. The van der Waals surface area contributed by atoms with Gasteiger partial charge >= 0.3 is 12.1 Å². The van der Waals surface area contributed by atoms with E-state index in [1.54, 1.807) is 27.7 Å². The standard InChI is InChI=1S/C17H28N2O5/c1-7-10-13(18-16(22)24-17(4,5)6)15(21)19(11-8-2)12-14(20)23-9-3/h7-8,13H,1-2,9-12H2,3-6H3,(H,18,22)/t13-/m0/s1. The van der Waals surface area contributed by atoms with Crippen LogP contribution >= 0.6 is 0 Å². The largest absolute Gasteiger partial charge is 0.465 e. The molecule has 0 bridgehead atoms. The van der Waals surface area contributed by atoms with Crippen LogP contribution in [0.25, 0.3) is 0 Å². The molecule has 0 aliphatic rings. The lowest BCUT2D eigenvalue weighted by Gasteiger charge is -2.27. The Bertz CT molecular complexity index is 468. The zero-order valence-corrected chi connectivity index (χ0v) is 15.0. The van der Waals surface area contributed by atoms with Crippen molar-refractivity contribution in [2.45, 2.75) is 45.8 Å². The molecule has 7 nitrogen and oxygen atoms in total. The molecule has 0 aromatic carbocycles. The van der Waals surface area contributed by atoms with Crippen molar-refractivity contribution in [3.05, 3.63) is 25.3 Å². The number of alkyl carbamates (subject to hydrolysis) is 1. The third-order valence-electron chi connectivity index (χ3n) is 2.68. The van der Waals surface area contributed by atoms with Gasteiger partial charge in [0.05, 0.1) is 6.61 Å². The Hall–Kier alpha value is -2.31. The second kappa shape index (κ2) is 10.5. The van der Waals surface area contributed by atoms with Gasteiger partial charge in [0.25, 0.3) is 0 Å². The van der Waals surface area contributed by atoms with Crippen molar-refractivity contribution in [1.29, 1.82) is 0 Å². The molecular formula is C17H28N2O5. The zero-order valence-electron chi connectivity index (χ0n) is 15.0. The van der Waals surface area contributed by atoms with Gasteiger partial charge in [0.2, 0.25) is 5.91 Å². The molecule has 1 N–H and O–H groups in total. The minimum Gasteiger partial charge on any atom is -0.465 e. The highest BCUT2D eigenvalue weighted by Gasteiger charge is 2.28. The molecule has 0 fully saturated rings. The molecule has 24 heavy (non-hydrogen) atoms. The third kappa shape index (κ3) is 8.97. The van der Waals surface area contributed by atoms with E-state index in [0.29, 0.717) is 0 Å². The van der Waals surface area contributed by atoms with Crippen LogP contribution in [-0.4, -0.2) is 54.2 Å². The normalized spacial score (nSPS) is 11.8. The van der Waals surface area contributed by atoms with E-state index in [-0.39, 0.29) is 26.1 Å². The van der Waals surface area contributed by atoms with Crippen molar-refractivity contribution in [3.8, 4) is 0 Å². The molecule has 0 heterocycles. The number of hydrogen-bond acceptors (Lipinski definition) is 5. The number of ether oxygens (including phenoxy) is 2. The molecule has 0 aliphatic heterocycles. The summed E-state index contributed by atoms with van der Waals surface area (Å²) in [5, 5.41) is 2.51. The molecule has 136 valence electrons. The second-order valence-corrected chi connectivity index (χ2v) is 6.04. The summed E-state index contributed by atoms with van der Waals surface area (Å²) in [6.07, 6.45) is 2.50. The third-order valence-corrected chi connectivity index (χ3v) is 2.68. The number of nitrogens with zero attached hydrogens (tertiary/aromatic N) is 1. The Kier molecular flexibility index (Phi) is 9.45. The van der Waals surface area contributed by atoms with Gasteiger partial charge in [0.15, 0.2) is 0 Å². The molecule has 1 atom stereocenters. The smallest absolute Gasteiger partial charge is 0.408 e. The van der Waals surface area contributed by atoms with Gasteiger partial charge in [0.1, 0.15) is 18.2 Å². The summed E-state index contributed by atoms with van der Waals surface area (Å²) < 4.78 is 10.0. The van der Waals surface area contributed by atoms with Crippen LogP contribution in [0.3, 0.4) is 0 Å². The predicted octanol–water partition coefficient (Wildman–Crippen LogP) is 2.03. The molecule has 7 heteroatoms. The van der Waals surface area contributed by atoms with E-state index in [4.69, 9.17) is 9.47 Å². The van der Waals surface area contributed by atoms with Crippen molar-refractivity contribution in [3.63, 3.8) is 0 Å². The highest BCUT2D eigenvalue weighted by atomic mass is 16.6. The van der Waals surface area contributed by atoms with Crippen LogP contribution in [0, 0.1) is 0 Å². The SMILES string of the molecule is C=CC[C@H](NC(=O)OC(C)(C)C)C(=O)N(CC=C)CC(=O)OCC. The molecule has 0 aliphatic carbocycles. The average molecular weight is 340 g/mol. The number of rotatable bonds is 9. The Labute approximate surface area is 143 Å². The van der Waals surface area contributed by atoms with E-state index < -0.39 is 29.6 Å². The molecule has 0 unspecified atom stereocenters. The lowest BCUT2D eigenvalue weighted by Crippen LogP contribution is -2.50. The van der Waals surface area contributed by atoms with Crippen molar-refractivity contribution >= 4 is 18.0 Å². The summed E-state index contributed by atoms with van der Waals surface area (Å²) in [5.41, 5.74) is -0.683. The number of carbonyl (C=O) groups is 3. The van der Waals surface area contributed by atoms with Gasteiger partial charge in [-0.25, -0.2) is 4.79 Å². The fourth-order valence-electron chi connectivity index (χ4n) is 1.81. The molecule has 0 spiro atoms. The fourth-order valence-corrected chi connectivity index (χ4v) is 1.81. The summed E-state index contributed by atoms with van der Waals surface area (Å²) in [5.74, 6) is -0.962. The van der Waals surface area contributed by atoms with E-state index in [9.17, 15) is 14.4 Å². The van der Waals surface area contributed by atoms with Crippen molar-refractivity contribution in [2.24, 2.45) is 0 Å². The molecule has 0 saturated heterocycles. The fraction of sp³-hybridized carbons (Fsp3) is 0.588. The van der Waals surface area contributed by atoms with Gasteiger partial charge in [-0.15, -0.1) is 13.2 Å². The van der Waals surface area contributed by atoms with Crippen LogP contribution in [-0.2, 0) is 19.1 Å². The van der Waals surface area contributed by atoms with Gasteiger partial charge in [-0.2, -0.15) is 0 Å². The Morgan fingerprint density at radius 3 is 2.29 bits per heavy atom. The van der Waals surface area contributed by atoms with E-state index in [1.165, 1.54) is 17.1 Å². The van der Waals surface area contributed by atoms with Crippen LogP contribution < -0.4 is 5.32 Å². The minimum atomic E-state index is -0.883. The van der Waals surface area contributed by atoms with E-state index in [0.717, 1.165) is 0 Å². The summed E-state index contributed by atoms with van der Waals surface area (Å²) in [7, 11) is 0. The van der Waals surface area contributed by atoms with Gasteiger partial charge in [-0.1, -0.05) is 12.2 Å². The highest BCUT2D eigenvalue weighted by Crippen LogP contribution is 2.08. The number of esters is 1. The lowest BCUT2D eigenvalue weighted by atomic mass is 10.1. The van der Waals surface area contributed by atoms with Crippen molar-refractivity contribution in [1.82, 2.24) is 10.2 Å². The lowest BCUT2D eigenvalue weighted by molar-refractivity contribution is -0.149. The van der Waals surface area contributed by atoms with Gasteiger partial charge < -0.3 is 19.7 Å².